The summed E-state index contributed by atoms with van der Waals surface area (Å²) in [5.41, 5.74) is -0.138. The molecule has 2 aromatic rings. The number of imidazole rings is 1. The molecule has 2 amide bonds. The maximum Gasteiger partial charge on any atom is 0.354 e. The van der Waals surface area contributed by atoms with Crippen molar-refractivity contribution < 1.29 is 19.5 Å². The number of hydrogen-bond donors (Lipinski definition) is 3. The van der Waals surface area contributed by atoms with Gasteiger partial charge >= 0.3 is 5.97 Å². The third-order valence-corrected chi connectivity index (χ3v) is 2.74. The molecule has 1 aromatic heterocycles. The number of hydrogen-bond acceptors (Lipinski definition) is 5. The average molecular weight is 288 g/mol. The standard InChI is InChI=1S/C13H12N4O4/c14-17(9(18)6-8-4-2-1-3-5-8)12(19)10-11(13(20)21)16-7-15-10/h1-5,7H,6,14H2,(H,15,16)(H,20,21). The highest BCUT2D eigenvalue weighted by atomic mass is 16.4. The van der Waals surface area contributed by atoms with Crippen molar-refractivity contribution >= 4 is 17.8 Å². The Labute approximate surface area is 119 Å². The van der Waals surface area contributed by atoms with Gasteiger partial charge in [0, 0.05) is 0 Å². The molecule has 2 rings (SSSR count). The molecule has 0 atom stereocenters. The quantitative estimate of drug-likeness (QED) is 0.418. The molecule has 0 fully saturated rings. The van der Waals surface area contributed by atoms with Crippen molar-refractivity contribution in [3.05, 3.63) is 53.6 Å². The molecule has 1 heterocycles. The second-order valence-electron chi connectivity index (χ2n) is 4.16. The van der Waals surface area contributed by atoms with Crippen LogP contribution in [-0.4, -0.2) is 37.9 Å². The molecule has 1 aromatic carbocycles. The van der Waals surface area contributed by atoms with Crippen molar-refractivity contribution in [1.29, 1.82) is 0 Å². The smallest absolute Gasteiger partial charge is 0.354 e. The van der Waals surface area contributed by atoms with Gasteiger partial charge in [-0.3, -0.25) is 9.59 Å². The van der Waals surface area contributed by atoms with Gasteiger partial charge in [-0.25, -0.2) is 20.6 Å². The summed E-state index contributed by atoms with van der Waals surface area (Å²) in [4.78, 5) is 40.7. The van der Waals surface area contributed by atoms with E-state index in [2.05, 4.69) is 9.97 Å². The Morgan fingerprint density at radius 1 is 1.24 bits per heavy atom. The summed E-state index contributed by atoms with van der Waals surface area (Å²) >= 11 is 0. The van der Waals surface area contributed by atoms with Crippen molar-refractivity contribution in [3.8, 4) is 0 Å². The van der Waals surface area contributed by atoms with Crippen molar-refractivity contribution in [2.24, 2.45) is 5.84 Å². The zero-order valence-electron chi connectivity index (χ0n) is 10.8. The molecular weight excluding hydrogens is 276 g/mol. The number of benzene rings is 1. The van der Waals surface area contributed by atoms with Gasteiger partial charge < -0.3 is 10.1 Å². The van der Waals surface area contributed by atoms with Crippen LogP contribution >= 0.6 is 0 Å². The number of aromatic amines is 1. The maximum absolute atomic E-state index is 12.0. The van der Waals surface area contributed by atoms with Gasteiger partial charge in [-0.2, -0.15) is 0 Å². The highest BCUT2D eigenvalue weighted by molar-refractivity contribution is 6.08. The number of amides is 2. The molecule has 0 aliphatic heterocycles. The topological polar surface area (TPSA) is 129 Å². The SMILES string of the molecule is NN(C(=O)Cc1ccccc1)C(=O)c1nc[nH]c1C(=O)O. The lowest BCUT2D eigenvalue weighted by molar-refractivity contribution is -0.128. The Balaban J connectivity index is 2.14. The second kappa shape index (κ2) is 5.97. The predicted octanol–water partition coefficient (Wildman–Crippen LogP) is 0.193. The first kappa shape index (κ1) is 14.4. The number of carbonyl (C=O) groups excluding carboxylic acids is 2. The summed E-state index contributed by atoms with van der Waals surface area (Å²) in [7, 11) is 0. The predicted molar refractivity (Wildman–Crippen MR) is 71.1 cm³/mol. The first-order valence-corrected chi connectivity index (χ1v) is 5.93. The van der Waals surface area contributed by atoms with Gasteiger partial charge in [0.2, 0.25) is 5.91 Å². The molecule has 108 valence electrons. The number of hydrazine groups is 1. The van der Waals surface area contributed by atoms with Crippen molar-refractivity contribution in [3.63, 3.8) is 0 Å². The monoisotopic (exact) mass is 288 g/mol. The van der Waals surface area contributed by atoms with E-state index in [-0.39, 0.29) is 6.42 Å². The van der Waals surface area contributed by atoms with E-state index in [1.54, 1.807) is 30.3 Å². The van der Waals surface area contributed by atoms with Crippen LogP contribution in [0, 0.1) is 0 Å². The summed E-state index contributed by atoms with van der Waals surface area (Å²) in [6, 6.07) is 8.73. The molecule has 8 heteroatoms. The van der Waals surface area contributed by atoms with Crippen molar-refractivity contribution in [2.75, 3.05) is 0 Å². The molecular formula is C13H12N4O4. The van der Waals surface area contributed by atoms with Crippen LogP contribution in [0.5, 0.6) is 0 Å². The number of rotatable bonds is 4. The number of nitrogens with one attached hydrogen (secondary N) is 1. The molecule has 8 nitrogen and oxygen atoms in total. The third kappa shape index (κ3) is 3.12. The van der Waals surface area contributed by atoms with Gasteiger partial charge in [0.15, 0.2) is 11.4 Å². The van der Waals surface area contributed by atoms with Gasteiger partial charge in [-0.05, 0) is 5.56 Å². The molecule has 4 N–H and O–H groups in total. The van der Waals surface area contributed by atoms with E-state index in [1.807, 2.05) is 0 Å². The van der Waals surface area contributed by atoms with Gasteiger partial charge in [-0.1, -0.05) is 30.3 Å². The lowest BCUT2D eigenvalue weighted by atomic mass is 10.1. The van der Waals surface area contributed by atoms with E-state index in [4.69, 9.17) is 10.9 Å². The minimum Gasteiger partial charge on any atom is -0.477 e. The van der Waals surface area contributed by atoms with Crippen LogP contribution in [0.1, 0.15) is 26.5 Å². The summed E-state index contributed by atoms with van der Waals surface area (Å²) < 4.78 is 0. The minimum atomic E-state index is -1.36. The van der Waals surface area contributed by atoms with E-state index in [0.717, 1.165) is 6.33 Å². The van der Waals surface area contributed by atoms with E-state index in [0.29, 0.717) is 10.6 Å². The van der Waals surface area contributed by atoms with Gasteiger partial charge in [-0.15, -0.1) is 0 Å². The van der Waals surface area contributed by atoms with E-state index >= 15 is 0 Å². The number of nitrogens with zero attached hydrogens (tertiary/aromatic N) is 2. The Morgan fingerprint density at radius 3 is 2.52 bits per heavy atom. The van der Waals surface area contributed by atoms with Crippen LogP contribution in [0.4, 0.5) is 0 Å². The summed E-state index contributed by atoms with van der Waals surface area (Å²) in [6.07, 6.45) is 0.974. The third-order valence-electron chi connectivity index (χ3n) is 2.74. The molecule has 0 bridgehead atoms. The fourth-order valence-corrected chi connectivity index (χ4v) is 1.70. The Bertz CT molecular complexity index is 680. The highest BCUT2D eigenvalue weighted by Crippen LogP contribution is 2.07. The van der Waals surface area contributed by atoms with Crippen molar-refractivity contribution in [1.82, 2.24) is 15.0 Å². The summed E-state index contributed by atoms with van der Waals surface area (Å²) in [6.45, 7) is 0. The number of imide groups is 1. The second-order valence-corrected chi connectivity index (χ2v) is 4.16. The van der Waals surface area contributed by atoms with E-state index < -0.39 is 29.2 Å². The number of H-pyrrole nitrogens is 1. The fourth-order valence-electron chi connectivity index (χ4n) is 1.70. The Morgan fingerprint density at radius 2 is 1.90 bits per heavy atom. The fraction of sp³-hybridized carbons (Fsp3) is 0.0769. The van der Waals surface area contributed by atoms with Crippen LogP contribution in [0.3, 0.4) is 0 Å². The Kier molecular flexibility index (Phi) is 4.10. The van der Waals surface area contributed by atoms with Gasteiger partial charge in [0.25, 0.3) is 5.91 Å². The molecule has 0 unspecified atom stereocenters. The first-order chi connectivity index (χ1) is 10.0. The minimum absolute atomic E-state index is 0.0735. The van der Waals surface area contributed by atoms with E-state index in [9.17, 15) is 14.4 Å². The first-order valence-electron chi connectivity index (χ1n) is 5.93. The van der Waals surface area contributed by atoms with Gasteiger partial charge in [0.1, 0.15) is 0 Å². The molecule has 0 spiro atoms. The van der Waals surface area contributed by atoms with Crippen LogP contribution < -0.4 is 5.84 Å². The number of carboxylic acid groups (broad SMARTS) is 1. The molecule has 0 aliphatic carbocycles. The van der Waals surface area contributed by atoms with Gasteiger partial charge in [0.05, 0.1) is 12.7 Å². The lowest BCUT2D eigenvalue weighted by Crippen LogP contribution is -2.44. The summed E-state index contributed by atoms with van der Waals surface area (Å²) in [5, 5.41) is 9.26. The average Bonchev–Trinajstić information content (AvgIpc) is 2.96. The Hall–Kier alpha value is -3.00. The highest BCUT2D eigenvalue weighted by Gasteiger charge is 2.26. The number of carboxylic acids is 1. The molecule has 0 aliphatic rings. The molecule has 0 saturated carbocycles. The number of carbonyl (C=O) groups is 3. The molecule has 0 saturated heterocycles. The largest absolute Gasteiger partial charge is 0.477 e. The van der Waals surface area contributed by atoms with Crippen LogP contribution in [0.2, 0.25) is 0 Å². The maximum atomic E-state index is 12.0. The number of aromatic carboxylic acids is 1. The normalized spacial score (nSPS) is 10.1. The lowest BCUT2D eigenvalue weighted by Gasteiger charge is -2.13. The molecule has 0 radical (unpaired) electrons. The van der Waals surface area contributed by atoms with Crippen molar-refractivity contribution in [2.45, 2.75) is 6.42 Å². The van der Waals surface area contributed by atoms with E-state index in [1.165, 1.54) is 0 Å². The molecule has 21 heavy (non-hydrogen) atoms. The number of nitrogens with two attached hydrogens (primary N) is 1. The van der Waals surface area contributed by atoms with Crippen LogP contribution in [0.15, 0.2) is 36.7 Å². The zero-order chi connectivity index (χ0) is 15.4. The zero-order valence-corrected chi connectivity index (χ0v) is 10.8. The summed E-state index contributed by atoms with van der Waals surface area (Å²) in [5.74, 6) is 2.46. The van der Waals surface area contributed by atoms with Crippen LogP contribution in [0.25, 0.3) is 0 Å². The number of aromatic nitrogens is 2. The van der Waals surface area contributed by atoms with Crippen LogP contribution in [-0.2, 0) is 11.2 Å².